The molecule has 0 spiro atoms. The molecule has 0 amide bonds. The highest BCUT2D eigenvalue weighted by molar-refractivity contribution is 6.33. The van der Waals surface area contributed by atoms with E-state index in [2.05, 4.69) is 4.98 Å². The van der Waals surface area contributed by atoms with E-state index < -0.39 is 0 Å². The topological polar surface area (TPSA) is 43.8 Å². The van der Waals surface area contributed by atoms with Crippen LogP contribution in [0.15, 0.2) is 36.4 Å². The van der Waals surface area contributed by atoms with Crippen LogP contribution in [0, 0.1) is 5.82 Å². The highest BCUT2D eigenvalue weighted by Gasteiger charge is 2.14. The Morgan fingerprint density at radius 1 is 1.30 bits per heavy atom. The number of hydrogen-bond donors (Lipinski definition) is 1. The number of anilines is 1. The van der Waals surface area contributed by atoms with Crippen molar-refractivity contribution in [2.45, 2.75) is 13.5 Å². The molecule has 3 aromatic rings. The van der Waals surface area contributed by atoms with E-state index in [4.69, 9.17) is 17.3 Å². The molecule has 3 nitrogen and oxygen atoms in total. The molecule has 20 heavy (non-hydrogen) atoms. The summed E-state index contributed by atoms with van der Waals surface area (Å²) in [7, 11) is 0. The molecule has 2 aromatic carbocycles. The molecule has 0 aliphatic heterocycles. The summed E-state index contributed by atoms with van der Waals surface area (Å²) in [6.45, 7) is 2.69. The molecule has 5 heteroatoms. The first kappa shape index (κ1) is 12.9. The van der Waals surface area contributed by atoms with E-state index in [1.54, 1.807) is 18.2 Å². The Morgan fingerprint density at radius 2 is 2.10 bits per heavy atom. The van der Waals surface area contributed by atoms with Crippen molar-refractivity contribution in [2.24, 2.45) is 0 Å². The SMILES string of the molecule is CCn1c(-c2ccc(Cl)c(N)c2)nc2c(F)cccc21. The predicted molar refractivity (Wildman–Crippen MR) is 80.2 cm³/mol. The fourth-order valence-electron chi connectivity index (χ4n) is 2.34. The largest absolute Gasteiger partial charge is 0.398 e. The van der Waals surface area contributed by atoms with Crippen LogP contribution in [-0.2, 0) is 6.54 Å². The van der Waals surface area contributed by atoms with E-state index in [1.807, 2.05) is 23.6 Å². The van der Waals surface area contributed by atoms with Crippen LogP contribution in [0.25, 0.3) is 22.4 Å². The molecule has 0 fully saturated rings. The number of fused-ring (bicyclic) bond motifs is 1. The number of halogens is 2. The smallest absolute Gasteiger partial charge is 0.151 e. The second-order valence-corrected chi connectivity index (χ2v) is 4.93. The molecule has 0 saturated carbocycles. The Bertz CT molecular complexity index is 795. The number of para-hydroxylation sites is 1. The molecular weight excluding hydrogens is 277 g/mol. The fraction of sp³-hybridized carbons (Fsp3) is 0.133. The van der Waals surface area contributed by atoms with Gasteiger partial charge in [0.05, 0.1) is 16.2 Å². The number of aromatic nitrogens is 2. The van der Waals surface area contributed by atoms with Gasteiger partial charge in [-0.3, -0.25) is 0 Å². The summed E-state index contributed by atoms with van der Waals surface area (Å²) in [5, 5.41) is 0.499. The maximum atomic E-state index is 13.9. The number of hydrogen-bond acceptors (Lipinski definition) is 2. The first-order chi connectivity index (χ1) is 9.61. The van der Waals surface area contributed by atoms with Crippen molar-refractivity contribution in [3.8, 4) is 11.4 Å². The lowest BCUT2D eigenvalue weighted by Crippen LogP contribution is -1.98. The van der Waals surface area contributed by atoms with Crippen LogP contribution < -0.4 is 5.73 Å². The number of benzene rings is 2. The zero-order valence-electron chi connectivity index (χ0n) is 10.9. The van der Waals surface area contributed by atoms with Gasteiger partial charge in [0.2, 0.25) is 0 Å². The molecular formula is C15H13ClFN3. The lowest BCUT2D eigenvalue weighted by Gasteiger charge is -2.07. The Balaban J connectivity index is 2.30. The summed E-state index contributed by atoms with van der Waals surface area (Å²) in [5.41, 5.74) is 8.29. The van der Waals surface area contributed by atoms with Crippen LogP contribution in [-0.4, -0.2) is 9.55 Å². The van der Waals surface area contributed by atoms with Crippen LogP contribution in [0.5, 0.6) is 0 Å². The van der Waals surface area contributed by atoms with Crippen molar-refractivity contribution in [2.75, 3.05) is 5.73 Å². The van der Waals surface area contributed by atoms with E-state index in [1.165, 1.54) is 6.07 Å². The zero-order chi connectivity index (χ0) is 14.3. The van der Waals surface area contributed by atoms with E-state index in [0.717, 1.165) is 11.1 Å². The van der Waals surface area contributed by atoms with Crippen molar-refractivity contribution in [3.05, 3.63) is 47.2 Å². The monoisotopic (exact) mass is 289 g/mol. The number of nitrogen functional groups attached to an aromatic ring is 1. The molecule has 102 valence electrons. The average Bonchev–Trinajstić information content (AvgIpc) is 2.82. The summed E-state index contributed by atoms with van der Waals surface area (Å²) in [5.74, 6) is 0.369. The minimum Gasteiger partial charge on any atom is -0.398 e. The third-order valence-corrected chi connectivity index (χ3v) is 3.64. The molecule has 3 rings (SSSR count). The van der Waals surface area contributed by atoms with Gasteiger partial charge in [0.15, 0.2) is 5.82 Å². The van der Waals surface area contributed by atoms with Gasteiger partial charge in [-0.15, -0.1) is 0 Å². The van der Waals surface area contributed by atoms with Crippen LogP contribution in [0.4, 0.5) is 10.1 Å². The van der Waals surface area contributed by atoms with Gasteiger partial charge in [0.1, 0.15) is 11.3 Å². The Kier molecular flexibility index (Phi) is 3.10. The Hall–Kier alpha value is -2.07. The normalized spacial score (nSPS) is 11.2. The minimum atomic E-state index is -0.321. The van der Waals surface area contributed by atoms with Crippen LogP contribution in [0.1, 0.15) is 6.92 Å². The maximum absolute atomic E-state index is 13.9. The van der Waals surface area contributed by atoms with Gasteiger partial charge in [-0.05, 0) is 37.3 Å². The van der Waals surface area contributed by atoms with Crippen molar-refractivity contribution in [1.29, 1.82) is 0 Å². The molecule has 0 bridgehead atoms. The first-order valence-electron chi connectivity index (χ1n) is 6.32. The lowest BCUT2D eigenvalue weighted by molar-refractivity contribution is 0.637. The number of imidazole rings is 1. The zero-order valence-corrected chi connectivity index (χ0v) is 11.7. The van der Waals surface area contributed by atoms with Gasteiger partial charge in [0.25, 0.3) is 0 Å². The van der Waals surface area contributed by atoms with Gasteiger partial charge in [-0.25, -0.2) is 9.37 Å². The van der Waals surface area contributed by atoms with Crippen LogP contribution >= 0.6 is 11.6 Å². The van der Waals surface area contributed by atoms with Crippen LogP contribution in [0.2, 0.25) is 5.02 Å². The van der Waals surface area contributed by atoms with E-state index in [9.17, 15) is 4.39 Å². The molecule has 2 N–H and O–H groups in total. The van der Waals surface area contributed by atoms with Gasteiger partial charge in [-0.2, -0.15) is 0 Å². The first-order valence-corrected chi connectivity index (χ1v) is 6.69. The fourth-order valence-corrected chi connectivity index (χ4v) is 2.45. The van der Waals surface area contributed by atoms with E-state index >= 15 is 0 Å². The van der Waals surface area contributed by atoms with Crippen LogP contribution in [0.3, 0.4) is 0 Å². The second kappa shape index (κ2) is 4.80. The number of rotatable bonds is 2. The summed E-state index contributed by atoms with van der Waals surface area (Å²) in [4.78, 5) is 4.41. The van der Waals surface area contributed by atoms with Crippen molar-refractivity contribution >= 4 is 28.3 Å². The Labute approximate surface area is 120 Å². The molecule has 0 atom stereocenters. The lowest BCUT2D eigenvalue weighted by atomic mass is 10.2. The molecule has 0 saturated heterocycles. The maximum Gasteiger partial charge on any atom is 0.151 e. The summed E-state index contributed by atoms with van der Waals surface area (Å²) < 4.78 is 15.8. The number of aryl methyl sites for hydroxylation is 1. The summed E-state index contributed by atoms with van der Waals surface area (Å²) in [6, 6.07) is 10.3. The molecule has 1 heterocycles. The number of nitrogens with zero attached hydrogens (tertiary/aromatic N) is 2. The quantitative estimate of drug-likeness (QED) is 0.722. The van der Waals surface area contributed by atoms with Gasteiger partial charge in [0, 0.05) is 12.1 Å². The summed E-state index contributed by atoms with van der Waals surface area (Å²) >= 11 is 5.93. The van der Waals surface area contributed by atoms with Crippen molar-refractivity contribution in [1.82, 2.24) is 9.55 Å². The molecule has 0 radical (unpaired) electrons. The van der Waals surface area contributed by atoms with E-state index in [-0.39, 0.29) is 5.82 Å². The summed E-state index contributed by atoms with van der Waals surface area (Å²) in [6.07, 6.45) is 0. The predicted octanol–water partition coefficient (Wildman–Crippen LogP) is 4.10. The Morgan fingerprint density at radius 3 is 2.80 bits per heavy atom. The highest BCUT2D eigenvalue weighted by Crippen LogP contribution is 2.29. The van der Waals surface area contributed by atoms with E-state index in [0.29, 0.717) is 28.6 Å². The molecule has 1 aromatic heterocycles. The van der Waals surface area contributed by atoms with Crippen molar-refractivity contribution < 1.29 is 4.39 Å². The molecule has 0 aliphatic rings. The van der Waals surface area contributed by atoms with Crippen molar-refractivity contribution in [3.63, 3.8) is 0 Å². The standard InChI is InChI=1S/C15H13ClFN3/c1-2-20-13-5-3-4-11(17)14(13)19-15(20)9-6-7-10(16)12(18)8-9/h3-8H,2,18H2,1H3. The van der Waals surface area contributed by atoms with Gasteiger partial charge >= 0.3 is 0 Å². The molecule has 0 aliphatic carbocycles. The third kappa shape index (κ3) is 1.93. The van der Waals surface area contributed by atoms with Gasteiger partial charge < -0.3 is 10.3 Å². The minimum absolute atomic E-state index is 0.321. The molecule has 0 unspecified atom stereocenters. The average molecular weight is 290 g/mol. The van der Waals surface area contributed by atoms with Gasteiger partial charge in [-0.1, -0.05) is 17.7 Å². The highest BCUT2D eigenvalue weighted by atomic mass is 35.5. The number of nitrogens with two attached hydrogens (primary N) is 1. The third-order valence-electron chi connectivity index (χ3n) is 3.30. The second-order valence-electron chi connectivity index (χ2n) is 4.52.